The Morgan fingerprint density at radius 1 is 1.47 bits per heavy atom. The van der Waals surface area contributed by atoms with Crippen LogP contribution < -0.4 is 5.73 Å². The topological polar surface area (TPSA) is 64.9 Å². The Morgan fingerprint density at radius 3 is 3.00 bits per heavy atom. The Bertz CT molecular complexity index is 498. The van der Waals surface area contributed by atoms with Crippen LogP contribution in [-0.4, -0.2) is 16.2 Å². The highest BCUT2D eigenvalue weighted by Crippen LogP contribution is 2.17. The van der Waals surface area contributed by atoms with Crippen molar-refractivity contribution in [3.63, 3.8) is 0 Å². The summed E-state index contributed by atoms with van der Waals surface area (Å²) < 4.78 is 18.1. The van der Waals surface area contributed by atoms with E-state index < -0.39 is 0 Å². The molecule has 1 unspecified atom stereocenters. The zero-order chi connectivity index (χ0) is 12.3. The predicted molar refractivity (Wildman–Crippen MR) is 61.7 cm³/mol. The van der Waals surface area contributed by atoms with Crippen LogP contribution in [0.3, 0.4) is 0 Å². The molecule has 2 rings (SSSR count). The predicted octanol–water partition coefficient (Wildman–Crippen LogP) is 2.16. The van der Waals surface area contributed by atoms with Crippen molar-refractivity contribution in [2.45, 2.75) is 25.8 Å². The first-order valence-electron chi connectivity index (χ1n) is 5.53. The summed E-state index contributed by atoms with van der Waals surface area (Å²) in [6, 6.07) is 6.10. The standard InChI is InChI=1S/C12H14FN3O/c1-2-10(14)7-11-15-12(16-17-11)8-4-3-5-9(13)6-8/h3-6,10H,2,7,14H2,1H3. The molecule has 2 N–H and O–H groups in total. The molecule has 0 saturated carbocycles. The maximum absolute atomic E-state index is 13.0. The second-order valence-corrected chi connectivity index (χ2v) is 3.89. The first-order chi connectivity index (χ1) is 8.19. The van der Waals surface area contributed by atoms with E-state index in [-0.39, 0.29) is 11.9 Å². The molecule has 0 saturated heterocycles. The van der Waals surface area contributed by atoms with Gasteiger partial charge in [-0.15, -0.1) is 0 Å². The average Bonchev–Trinajstić information content (AvgIpc) is 2.77. The second kappa shape index (κ2) is 5.05. The van der Waals surface area contributed by atoms with Gasteiger partial charge in [-0.05, 0) is 18.6 Å². The van der Waals surface area contributed by atoms with E-state index in [1.807, 2.05) is 6.92 Å². The molecule has 1 heterocycles. The highest BCUT2D eigenvalue weighted by molar-refractivity contribution is 5.53. The molecule has 1 atom stereocenters. The smallest absolute Gasteiger partial charge is 0.228 e. The van der Waals surface area contributed by atoms with Crippen LogP contribution in [0.4, 0.5) is 4.39 Å². The van der Waals surface area contributed by atoms with Gasteiger partial charge in [0.25, 0.3) is 0 Å². The zero-order valence-corrected chi connectivity index (χ0v) is 9.56. The van der Waals surface area contributed by atoms with Crippen LogP contribution >= 0.6 is 0 Å². The molecule has 0 aliphatic carbocycles. The molecule has 0 spiro atoms. The van der Waals surface area contributed by atoms with Crippen molar-refractivity contribution in [3.05, 3.63) is 36.0 Å². The lowest BCUT2D eigenvalue weighted by atomic mass is 10.2. The number of halogens is 1. The molecule has 0 amide bonds. The molecular weight excluding hydrogens is 221 g/mol. The fourth-order valence-corrected chi connectivity index (χ4v) is 1.45. The molecule has 0 aliphatic rings. The molecule has 1 aromatic heterocycles. The van der Waals surface area contributed by atoms with E-state index in [0.29, 0.717) is 23.7 Å². The maximum atomic E-state index is 13.0. The molecule has 1 aromatic carbocycles. The number of hydrogen-bond donors (Lipinski definition) is 1. The molecule has 0 bridgehead atoms. The highest BCUT2D eigenvalue weighted by Gasteiger charge is 2.11. The van der Waals surface area contributed by atoms with Crippen molar-refractivity contribution in [2.75, 3.05) is 0 Å². The third kappa shape index (κ3) is 2.88. The fraction of sp³-hybridized carbons (Fsp3) is 0.333. The summed E-state index contributed by atoms with van der Waals surface area (Å²) in [4.78, 5) is 4.19. The van der Waals surface area contributed by atoms with E-state index in [4.69, 9.17) is 10.3 Å². The van der Waals surface area contributed by atoms with Crippen molar-refractivity contribution >= 4 is 0 Å². The number of nitrogens with two attached hydrogens (primary N) is 1. The Balaban J connectivity index is 2.18. The van der Waals surface area contributed by atoms with Gasteiger partial charge in [0.15, 0.2) is 0 Å². The monoisotopic (exact) mass is 235 g/mol. The third-order valence-corrected chi connectivity index (χ3v) is 2.51. The van der Waals surface area contributed by atoms with E-state index in [9.17, 15) is 4.39 Å². The van der Waals surface area contributed by atoms with Gasteiger partial charge in [-0.3, -0.25) is 0 Å². The Labute approximate surface area is 98.6 Å². The molecule has 0 aliphatic heterocycles. The number of nitrogens with zero attached hydrogens (tertiary/aromatic N) is 2. The summed E-state index contributed by atoms with van der Waals surface area (Å²) in [5.74, 6) is 0.556. The normalized spacial score (nSPS) is 12.6. The van der Waals surface area contributed by atoms with Crippen molar-refractivity contribution in [1.82, 2.24) is 10.1 Å². The lowest BCUT2D eigenvalue weighted by molar-refractivity contribution is 0.368. The largest absolute Gasteiger partial charge is 0.339 e. The molecule has 90 valence electrons. The SMILES string of the molecule is CCC(N)Cc1nc(-c2cccc(F)c2)no1. The quantitative estimate of drug-likeness (QED) is 0.881. The van der Waals surface area contributed by atoms with Gasteiger partial charge in [-0.1, -0.05) is 24.2 Å². The summed E-state index contributed by atoms with van der Waals surface area (Å²) in [5, 5.41) is 3.81. The van der Waals surface area contributed by atoms with Gasteiger partial charge in [-0.25, -0.2) is 4.39 Å². The van der Waals surface area contributed by atoms with Gasteiger partial charge in [-0.2, -0.15) is 4.98 Å². The maximum Gasteiger partial charge on any atom is 0.228 e. The van der Waals surface area contributed by atoms with Gasteiger partial charge < -0.3 is 10.3 Å². The number of rotatable bonds is 4. The summed E-state index contributed by atoms with van der Waals surface area (Å²) in [5.41, 5.74) is 6.39. The van der Waals surface area contributed by atoms with Crippen molar-refractivity contribution in [1.29, 1.82) is 0 Å². The molecule has 4 nitrogen and oxygen atoms in total. The fourth-order valence-electron chi connectivity index (χ4n) is 1.45. The lowest BCUT2D eigenvalue weighted by Gasteiger charge is -2.02. The van der Waals surface area contributed by atoms with Gasteiger partial charge in [0.05, 0.1) is 0 Å². The van der Waals surface area contributed by atoms with Crippen molar-refractivity contribution < 1.29 is 8.91 Å². The second-order valence-electron chi connectivity index (χ2n) is 3.89. The third-order valence-electron chi connectivity index (χ3n) is 2.51. The highest BCUT2D eigenvalue weighted by atomic mass is 19.1. The Kier molecular flexibility index (Phi) is 3.49. The minimum atomic E-state index is -0.320. The van der Waals surface area contributed by atoms with Crippen LogP contribution in [0.5, 0.6) is 0 Å². The van der Waals surface area contributed by atoms with E-state index >= 15 is 0 Å². The van der Waals surface area contributed by atoms with Crippen LogP contribution in [0.25, 0.3) is 11.4 Å². The van der Waals surface area contributed by atoms with Crippen LogP contribution in [0, 0.1) is 5.82 Å². The number of benzene rings is 1. The van der Waals surface area contributed by atoms with Gasteiger partial charge >= 0.3 is 0 Å². The van der Waals surface area contributed by atoms with Gasteiger partial charge in [0.1, 0.15) is 5.82 Å². The zero-order valence-electron chi connectivity index (χ0n) is 9.56. The minimum Gasteiger partial charge on any atom is -0.339 e. The van der Waals surface area contributed by atoms with E-state index in [2.05, 4.69) is 10.1 Å². The molecule has 17 heavy (non-hydrogen) atoms. The molecule has 2 aromatic rings. The van der Waals surface area contributed by atoms with Gasteiger partial charge in [0.2, 0.25) is 11.7 Å². The first kappa shape index (κ1) is 11.7. The number of aromatic nitrogens is 2. The molecule has 0 fully saturated rings. The first-order valence-corrected chi connectivity index (χ1v) is 5.53. The van der Waals surface area contributed by atoms with Crippen molar-refractivity contribution in [2.24, 2.45) is 5.73 Å². The molecule has 5 heteroatoms. The minimum absolute atomic E-state index is 0.0100. The van der Waals surface area contributed by atoms with Crippen molar-refractivity contribution in [3.8, 4) is 11.4 Å². The van der Waals surface area contributed by atoms with Crippen LogP contribution in [0.2, 0.25) is 0 Å². The summed E-state index contributed by atoms with van der Waals surface area (Å²) in [7, 11) is 0. The van der Waals surface area contributed by atoms with E-state index in [1.54, 1.807) is 12.1 Å². The molecular formula is C12H14FN3O. The Hall–Kier alpha value is -1.75. The van der Waals surface area contributed by atoms with Crippen LogP contribution in [-0.2, 0) is 6.42 Å². The van der Waals surface area contributed by atoms with Crippen LogP contribution in [0.1, 0.15) is 19.2 Å². The Morgan fingerprint density at radius 2 is 2.29 bits per heavy atom. The van der Waals surface area contributed by atoms with E-state index in [1.165, 1.54) is 12.1 Å². The average molecular weight is 235 g/mol. The summed E-state index contributed by atoms with van der Waals surface area (Å²) in [6.07, 6.45) is 1.39. The summed E-state index contributed by atoms with van der Waals surface area (Å²) >= 11 is 0. The number of hydrogen-bond acceptors (Lipinski definition) is 4. The summed E-state index contributed by atoms with van der Waals surface area (Å²) in [6.45, 7) is 1.99. The van der Waals surface area contributed by atoms with Crippen LogP contribution in [0.15, 0.2) is 28.8 Å². The van der Waals surface area contributed by atoms with Gasteiger partial charge in [0, 0.05) is 18.0 Å². The molecule has 0 radical (unpaired) electrons. The lowest BCUT2D eigenvalue weighted by Crippen LogP contribution is -2.21. The van der Waals surface area contributed by atoms with E-state index in [0.717, 1.165) is 6.42 Å².